The molecule has 0 radical (unpaired) electrons. The summed E-state index contributed by atoms with van der Waals surface area (Å²) in [5.74, 6) is 0. The summed E-state index contributed by atoms with van der Waals surface area (Å²) in [5, 5.41) is 5.78. The second-order valence-electron chi connectivity index (χ2n) is 6.40. The lowest BCUT2D eigenvalue weighted by Crippen LogP contribution is -2.48. The highest BCUT2D eigenvalue weighted by Crippen LogP contribution is 2.29. The van der Waals surface area contributed by atoms with E-state index in [0.29, 0.717) is 5.41 Å². The molecule has 1 fully saturated rings. The lowest BCUT2D eigenvalue weighted by atomic mass is 9.81. The molecule has 0 aromatic carbocycles. The molecule has 120 valence electrons. The predicted octanol–water partition coefficient (Wildman–Crippen LogP) is 3.02. The number of thiophene rings is 1. The lowest BCUT2D eigenvalue weighted by Gasteiger charge is -2.40. The standard InChI is InChI=1S/C17H30N2OS/c1-3-9-18-13-17(8-5-11-20-15-17)14-19(2)10-7-16-6-4-12-21-16/h4,6,12,18H,3,5,7-11,13-15H2,1-2H3. The summed E-state index contributed by atoms with van der Waals surface area (Å²) in [4.78, 5) is 3.97. The van der Waals surface area contributed by atoms with Crippen molar-refractivity contribution in [2.75, 3.05) is 46.4 Å². The molecule has 2 heterocycles. The van der Waals surface area contributed by atoms with Crippen LogP contribution in [0.5, 0.6) is 0 Å². The van der Waals surface area contributed by atoms with Gasteiger partial charge in [0, 0.05) is 36.5 Å². The average Bonchev–Trinajstić information content (AvgIpc) is 3.00. The van der Waals surface area contributed by atoms with Gasteiger partial charge in [0.1, 0.15) is 0 Å². The summed E-state index contributed by atoms with van der Waals surface area (Å²) >= 11 is 1.86. The summed E-state index contributed by atoms with van der Waals surface area (Å²) in [7, 11) is 2.25. The van der Waals surface area contributed by atoms with Crippen molar-refractivity contribution < 1.29 is 4.74 Å². The Bertz CT molecular complexity index is 374. The van der Waals surface area contributed by atoms with Gasteiger partial charge in [-0.15, -0.1) is 11.3 Å². The Hall–Kier alpha value is -0.420. The minimum Gasteiger partial charge on any atom is -0.381 e. The van der Waals surface area contributed by atoms with Crippen molar-refractivity contribution in [3.05, 3.63) is 22.4 Å². The molecule has 2 rings (SSSR count). The Balaban J connectivity index is 1.81. The van der Waals surface area contributed by atoms with Crippen LogP contribution in [0.15, 0.2) is 17.5 Å². The maximum atomic E-state index is 5.80. The molecule has 0 amide bonds. The summed E-state index contributed by atoms with van der Waals surface area (Å²) in [6.07, 6.45) is 4.85. The van der Waals surface area contributed by atoms with Crippen LogP contribution in [-0.2, 0) is 11.2 Å². The van der Waals surface area contributed by atoms with Crippen LogP contribution in [-0.4, -0.2) is 51.3 Å². The molecule has 21 heavy (non-hydrogen) atoms. The number of hydrogen-bond acceptors (Lipinski definition) is 4. The second-order valence-corrected chi connectivity index (χ2v) is 7.43. The monoisotopic (exact) mass is 310 g/mol. The highest BCUT2D eigenvalue weighted by Gasteiger charge is 2.33. The van der Waals surface area contributed by atoms with E-state index in [0.717, 1.165) is 45.8 Å². The Kier molecular flexibility index (Phi) is 7.17. The Morgan fingerprint density at radius 3 is 3.05 bits per heavy atom. The molecule has 1 aliphatic rings. The zero-order valence-electron chi connectivity index (χ0n) is 13.6. The van der Waals surface area contributed by atoms with Crippen LogP contribution >= 0.6 is 11.3 Å². The van der Waals surface area contributed by atoms with Crippen LogP contribution < -0.4 is 5.32 Å². The molecule has 1 N–H and O–H groups in total. The first-order valence-electron chi connectivity index (χ1n) is 8.23. The van der Waals surface area contributed by atoms with Crippen molar-refractivity contribution >= 4 is 11.3 Å². The van der Waals surface area contributed by atoms with Crippen molar-refractivity contribution in [3.63, 3.8) is 0 Å². The highest BCUT2D eigenvalue weighted by molar-refractivity contribution is 7.09. The van der Waals surface area contributed by atoms with E-state index in [4.69, 9.17) is 4.74 Å². The number of likely N-dealkylation sites (N-methyl/N-ethyl adjacent to an activating group) is 1. The van der Waals surface area contributed by atoms with Crippen molar-refractivity contribution in [2.24, 2.45) is 5.41 Å². The van der Waals surface area contributed by atoms with Crippen LogP contribution in [0, 0.1) is 5.41 Å². The third kappa shape index (κ3) is 5.70. The first-order valence-corrected chi connectivity index (χ1v) is 9.11. The number of nitrogens with zero attached hydrogens (tertiary/aromatic N) is 1. The van der Waals surface area contributed by atoms with E-state index in [1.165, 1.54) is 24.1 Å². The summed E-state index contributed by atoms with van der Waals surface area (Å²) < 4.78 is 5.80. The van der Waals surface area contributed by atoms with Crippen molar-refractivity contribution in [2.45, 2.75) is 32.6 Å². The number of nitrogens with one attached hydrogen (secondary N) is 1. The van der Waals surface area contributed by atoms with Crippen molar-refractivity contribution in [3.8, 4) is 0 Å². The topological polar surface area (TPSA) is 24.5 Å². The summed E-state index contributed by atoms with van der Waals surface area (Å²) in [6, 6.07) is 4.38. The highest BCUT2D eigenvalue weighted by atomic mass is 32.1. The van der Waals surface area contributed by atoms with E-state index in [-0.39, 0.29) is 0 Å². The van der Waals surface area contributed by atoms with Crippen LogP contribution in [0.2, 0.25) is 0 Å². The normalized spacial score (nSPS) is 22.8. The average molecular weight is 311 g/mol. The SMILES string of the molecule is CCCNCC1(CN(C)CCc2cccs2)CCCOC1. The van der Waals surface area contributed by atoms with Gasteiger partial charge in [-0.3, -0.25) is 0 Å². The van der Waals surface area contributed by atoms with Gasteiger partial charge in [0.15, 0.2) is 0 Å². The Labute approximate surface area is 133 Å². The van der Waals surface area contributed by atoms with Crippen LogP contribution in [0.1, 0.15) is 31.1 Å². The van der Waals surface area contributed by atoms with E-state index in [1.54, 1.807) is 0 Å². The van der Waals surface area contributed by atoms with Gasteiger partial charge >= 0.3 is 0 Å². The smallest absolute Gasteiger partial charge is 0.0546 e. The van der Waals surface area contributed by atoms with E-state index >= 15 is 0 Å². The summed E-state index contributed by atoms with van der Waals surface area (Å²) in [6.45, 7) is 8.54. The third-order valence-electron chi connectivity index (χ3n) is 4.26. The molecule has 0 bridgehead atoms. The molecule has 1 aromatic heterocycles. The minimum absolute atomic E-state index is 0.303. The molecule has 1 atom stereocenters. The zero-order chi connectivity index (χ0) is 15.0. The van der Waals surface area contributed by atoms with Gasteiger partial charge in [0.2, 0.25) is 0 Å². The fraction of sp³-hybridized carbons (Fsp3) is 0.765. The molecule has 0 saturated carbocycles. The van der Waals surface area contributed by atoms with Gasteiger partial charge in [-0.05, 0) is 50.7 Å². The summed E-state index contributed by atoms with van der Waals surface area (Å²) in [5.41, 5.74) is 0.303. The Morgan fingerprint density at radius 2 is 2.38 bits per heavy atom. The van der Waals surface area contributed by atoms with Crippen LogP contribution in [0.3, 0.4) is 0 Å². The fourth-order valence-electron chi connectivity index (χ4n) is 3.17. The Morgan fingerprint density at radius 1 is 1.48 bits per heavy atom. The molecule has 1 aliphatic heterocycles. The number of rotatable bonds is 9. The quantitative estimate of drug-likeness (QED) is 0.710. The van der Waals surface area contributed by atoms with E-state index in [2.05, 4.69) is 41.7 Å². The van der Waals surface area contributed by atoms with Gasteiger partial charge in [-0.1, -0.05) is 13.0 Å². The van der Waals surface area contributed by atoms with Crippen LogP contribution in [0.4, 0.5) is 0 Å². The van der Waals surface area contributed by atoms with Crippen molar-refractivity contribution in [1.82, 2.24) is 10.2 Å². The second kappa shape index (κ2) is 8.89. The molecule has 0 spiro atoms. The molecule has 4 heteroatoms. The first kappa shape index (κ1) is 16.9. The molecule has 1 aromatic rings. The van der Waals surface area contributed by atoms with Crippen LogP contribution in [0.25, 0.3) is 0 Å². The lowest BCUT2D eigenvalue weighted by molar-refractivity contribution is -0.0224. The van der Waals surface area contributed by atoms with Gasteiger partial charge in [0.25, 0.3) is 0 Å². The molecule has 3 nitrogen and oxygen atoms in total. The van der Waals surface area contributed by atoms with Gasteiger partial charge in [0.05, 0.1) is 6.61 Å². The van der Waals surface area contributed by atoms with E-state index < -0.39 is 0 Å². The zero-order valence-corrected chi connectivity index (χ0v) is 14.4. The first-order chi connectivity index (χ1) is 10.2. The van der Waals surface area contributed by atoms with E-state index in [1.807, 2.05) is 11.3 Å². The predicted molar refractivity (Wildman–Crippen MR) is 91.2 cm³/mol. The molecule has 1 unspecified atom stereocenters. The maximum Gasteiger partial charge on any atom is 0.0546 e. The van der Waals surface area contributed by atoms with E-state index in [9.17, 15) is 0 Å². The number of hydrogen-bond donors (Lipinski definition) is 1. The van der Waals surface area contributed by atoms with Gasteiger partial charge in [-0.2, -0.15) is 0 Å². The molecular weight excluding hydrogens is 280 g/mol. The molecule has 1 saturated heterocycles. The van der Waals surface area contributed by atoms with Gasteiger partial charge in [-0.25, -0.2) is 0 Å². The molecular formula is C17H30N2OS. The minimum atomic E-state index is 0.303. The largest absolute Gasteiger partial charge is 0.381 e. The van der Waals surface area contributed by atoms with Gasteiger partial charge < -0.3 is 15.0 Å². The van der Waals surface area contributed by atoms with Crippen molar-refractivity contribution in [1.29, 1.82) is 0 Å². The molecule has 0 aliphatic carbocycles. The fourth-order valence-corrected chi connectivity index (χ4v) is 3.87. The third-order valence-corrected chi connectivity index (χ3v) is 5.19. The number of ether oxygens (including phenoxy) is 1. The maximum absolute atomic E-state index is 5.80.